The summed E-state index contributed by atoms with van der Waals surface area (Å²) in [5.74, 6) is -2.54. The van der Waals surface area contributed by atoms with Gasteiger partial charge in [-0.05, 0) is 24.6 Å². The minimum Gasteiger partial charge on any atom is -0.466 e. The van der Waals surface area contributed by atoms with Gasteiger partial charge < -0.3 is 9.30 Å². The zero-order valence-corrected chi connectivity index (χ0v) is 12.7. The molecule has 0 aliphatic carbocycles. The van der Waals surface area contributed by atoms with Crippen LogP contribution in [0.25, 0.3) is 17.0 Å². The molecule has 0 spiro atoms. The average molecular weight is 325 g/mol. The molecule has 0 aliphatic rings. The van der Waals surface area contributed by atoms with E-state index in [4.69, 9.17) is 0 Å². The molecule has 0 bridgehead atoms. The van der Waals surface area contributed by atoms with E-state index in [0.29, 0.717) is 11.1 Å². The number of benzene rings is 1. The van der Waals surface area contributed by atoms with Crippen molar-refractivity contribution in [3.8, 4) is 0 Å². The summed E-state index contributed by atoms with van der Waals surface area (Å²) in [6.07, 6.45) is -2.54. The number of aryl methyl sites for hydroxylation is 1. The number of rotatable bonds is 3. The van der Waals surface area contributed by atoms with E-state index < -0.39 is 23.5 Å². The number of hydrogen-bond acceptors (Lipinski definition) is 3. The van der Waals surface area contributed by atoms with Crippen molar-refractivity contribution >= 4 is 28.7 Å². The van der Waals surface area contributed by atoms with Gasteiger partial charge in [0.2, 0.25) is 0 Å². The van der Waals surface area contributed by atoms with E-state index in [0.717, 1.165) is 6.08 Å². The fraction of sp³-hybridized carbons (Fsp3) is 0.250. The largest absolute Gasteiger partial charge is 0.466 e. The number of aromatic nitrogens is 1. The van der Waals surface area contributed by atoms with E-state index in [1.807, 2.05) is 0 Å². The Bertz CT molecular complexity index is 816. The molecular formula is C16H14F3NO3. The summed E-state index contributed by atoms with van der Waals surface area (Å²) in [5, 5.41) is 0.162. The predicted octanol–water partition coefficient (Wildman–Crippen LogP) is 3.42. The number of fused-ring (bicyclic) bond motifs is 1. The van der Waals surface area contributed by atoms with E-state index in [2.05, 4.69) is 4.74 Å². The van der Waals surface area contributed by atoms with Crippen LogP contribution >= 0.6 is 0 Å². The molecule has 0 fully saturated rings. The maximum absolute atomic E-state index is 12.9. The molecule has 0 saturated heterocycles. The third kappa shape index (κ3) is 2.99. The number of carbonyl (C=O) groups excluding carboxylic acids is 2. The van der Waals surface area contributed by atoms with Crippen molar-refractivity contribution in [1.29, 1.82) is 0 Å². The first-order valence-electron chi connectivity index (χ1n) is 6.64. The Morgan fingerprint density at radius 3 is 2.48 bits per heavy atom. The molecule has 0 saturated carbocycles. The standard InChI is InChI=1S/C16H14F3NO3/c1-9-13(15(22)16(17,18)19)14-10(7-8-12(21)23-3)5-4-6-11(14)20(9)2/h4-8H,1-3H3/b8-7+. The maximum atomic E-state index is 12.9. The van der Waals surface area contributed by atoms with E-state index in [-0.39, 0.29) is 11.1 Å². The minimum atomic E-state index is -4.97. The van der Waals surface area contributed by atoms with Crippen LogP contribution in [0.4, 0.5) is 13.2 Å². The molecule has 7 heteroatoms. The molecule has 0 amide bonds. The van der Waals surface area contributed by atoms with Gasteiger partial charge in [-0.2, -0.15) is 13.2 Å². The Balaban J connectivity index is 2.77. The van der Waals surface area contributed by atoms with Crippen LogP contribution in [0.3, 0.4) is 0 Å². The molecule has 2 aromatic rings. The fourth-order valence-corrected chi connectivity index (χ4v) is 2.42. The quantitative estimate of drug-likeness (QED) is 0.493. The van der Waals surface area contributed by atoms with Crippen molar-refractivity contribution in [2.45, 2.75) is 13.1 Å². The van der Waals surface area contributed by atoms with Crippen molar-refractivity contribution in [2.75, 3.05) is 7.11 Å². The van der Waals surface area contributed by atoms with Gasteiger partial charge >= 0.3 is 12.1 Å². The van der Waals surface area contributed by atoms with Crippen LogP contribution in [0.1, 0.15) is 21.6 Å². The summed E-state index contributed by atoms with van der Waals surface area (Å²) in [7, 11) is 2.77. The van der Waals surface area contributed by atoms with Crippen LogP contribution in [0.5, 0.6) is 0 Å². The number of nitrogens with zero attached hydrogens (tertiary/aromatic N) is 1. The van der Waals surface area contributed by atoms with Crippen LogP contribution in [0.2, 0.25) is 0 Å². The summed E-state index contributed by atoms with van der Waals surface area (Å²) in [4.78, 5) is 23.0. The second-order valence-corrected chi connectivity index (χ2v) is 4.94. The van der Waals surface area contributed by atoms with Crippen LogP contribution in [-0.4, -0.2) is 29.6 Å². The summed E-state index contributed by atoms with van der Waals surface area (Å²) in [5.41, 5.74) is 0.618. The average Bonchev–Trinajstić information content (AvgIpc) is 2.75. The number of carbonyl (C=O) groups is 2. The molecule has 1 aromatic heterocycles. The molecule has 0 atom stereocenters. The van der Waals surface area contributed by atoms with Crippen molar-refractivity contribution in [3.05, 3.63) is 41.1 Å². The molecule has 0 aliphatic heterocycles. The normalized spacial score (nSPS) is 12.1. The van der Waals surface area contributed by atoms with E-state index in [9.17, 15) is 22.8 Å². The van der Waals surface area contributed by atoms with Crippen LogP contribution in [0, 0.1) is 6.92 Å². The summed E-state index contributed by atoms with van der Waals surface area (Å²) >= 11 is 0. The third-order valence-electron chi connectivity index (χ3n) is 3.64. The monoisotopic (exact) mass is 325 g/mol. The van der Waals surface area contributed by atoms with E-state index in [1.165, 1.54) is 30.7 Å². The number of esters is 1. The van der Waals surface area contributed by atoms with Crippen molar-refractivity contribution in [1.82, 2.24) is 4.57 Å². The first kappa shape index (κ1) is 16.8. The lowest BCUT2D eigenvalue weighted by Gasteiger charge is -2.06. The zero-order chi connectivity index (χ0) is 17.4. The van der Waals surface area contributed by atoms with Crippen LogP contribution < -0.4 is 0 Å². The molecule has 1 heterocycles. The highest BCUT2D eigenvalue weighted by atomic mass is 19.4. The molecule has 2 rings (SSSR count). The minimum absolute atomic E-state index is 0.162. The smallest absolute Gasteiger partial charge is 0.454 e. The van der Waals surface area contributed by atoms with Crippen molar-refractivity contribution in [3.63, 3.8) is 0 Å². The highest BCUT2D eigenvalue weighted by molar-refractivity contribution is 6.14. The molecule has 0 radical (unpaired) electrons. The summed E-state index contributed by atoms with van der Waals surface area (Å²) in [6, 6.07) is 4.79. The summed E-state index contributed by atoms with van der Waals surface area (Å²) < 4.78 is 44.7. The van der Waals surface area contributed by atoms with Gasteiger partial charge in [-0.25, -0.2) is 4.79 Å². The second kappa shape index (κ2) is 5.91. The molecule has 4 nitrogen and oxygen atoms in total. The Morgan fingerprint density at radius 2 is 1.91 bits per heavy atom. The molecule has 122 valence electrons. The van der Waals surface area contributed by atoms with Crippen molar-refractivity contribution in [2.24, 2.45) is 7.05 Å². The van der Waals surface area contributed by atoms with Gasteiger partial charge in [0.15, 0.2) is 0 Å². The molecule has 1 aromatic carbocycles. The fourth-order valence-electron chi connectivity index (χ4n) is 2.42. The number of ketones is 1. The molecular weight excluding hydrogens is 311 g/mol. The van der Waals surface area contributed by atoms with E-state index in [1.54, 1.807) is 19.2 Å². The Hall–Kier alpha value is -2.57. The van der Waals surface area contributed by atoms with E-state index >= 15 is 0 Å². The predicted molar refractivity (Wildman–Crippen MR) is 79.1 cm³/mol. The number of halogens is 3. The highest BCUT2D eigenvalue weighted by Gasteiger charge is 2.42. The first-order valence-corrected chi connectivity index (χ1v) is 6.64. The number of ether oxygens (including phenoxy) is 1. The van der Waals surface area contributed by atoms with Gasteiger partial charge in [-0.15, -0.1) is 0 Å². The Labute approximate surface area is 130 Å². The van der Waals surface area contributed by atoms with Gasteiger partial charge in [-0.3, -0.25) is 4.79 Å². The lowest BCUT2D eigenvalue weighted by Crippen LogP contribution is -2.23. The summed E-state index contributed by atoms with van der Waals surface area (Å²) in [6.45, 7) is 1.45. The van der Waals surface area contributed by atoms with Gasteiger partial charge in [-0.1, -0.05) is 12.1 Å². The Morgan fingerprint density at radius 1 is 1.26 bits per heavy atom. The van der Waals surface area contributed by atoms with Gasteiger partial charge in [0.05, 0.1) is 12.7 Å². The maximum Gasteiger partial charge on any atom is 0.454 e. The number of methoxy groups -OCH3 is 1. The SMILES string of the molecule is COC(=O)/C=C/c1cccc2c1c(C(=O)C(F)(F)F)c(C)n2C. The van der Waals surface area contributed by atoms with Crippen molar-refractivity contribution < 1.29 is 27.5 Å². The van der Waals surface area contributed by atoms with Crippen LogP contribution in [-0.2, 0) is 16.6 Å². The Kier molecular flexibility index (Phi) is 4.31. The number of hydrogen-bond donors (Lipinski definition) is 0. The molecule has 23 heavy (non-hydrogen) atoms. The molecule has 0 unspecified atom stereocenters. The number of Topliss-reactive ketones (excluding diaryl/α,β-unsaturated/α-hetero) is 1. The lowest BCUT2D eigenvalue weighted by atomic mass is 10.0. The van der Waals surface area contributed by atoms with Crippen LogP contribution in [0.15, 0.2) is 24.3 Å². The lowest BCUT2D eigenvalue weighted by molar-refractivity contribution is -0.134. The zero-order valence-electron chi connectivity index (χ0n) is 12.7. The highest BCUT2D eigenvalue weighted by Crippen LogP contribution is 2.33. The van der Waals surface area contributed by atoms with Gasteiger partial charge in [0, 0.05) is 29.7 Å². The van der Waals surface area contributed by atoms with Gasteiger partial charge in [0.1, 0.15) is 0 Å². The first-order chi connectivity index (χ1) is 10.7. The number of alkyl halides is 3. The molecule has 0 N–H and O–H groups in total. The van der Waals surface area contributed by atoms with Gasteiger partial charge in [0.25, 0.3) is 5.78 Å². The second-order valence-electron chi connectivity index (χ2n) is 4.94. The topological polar surface area (TPSA) is 48.3 Å². The third-order valence-corrected chi connectivity index (χ3v) is 3.64.